The summed E-state index contributed by atoms with van der Waals surface area (Å²) in [4.78, 5) is 13.0. The molecule has 0 saturated carbocycles. The summed E-state index contributed by atoms with van der Waals surface area (Å²) in [7, 11) is 0. The predicted molar refractivity (Wildman–Crippen MR) is 70.3 cm³/mol. The third-order valence-electron chi connectivity index (χ3n) is 2.46. The zero-order valence-electron chi connectivity index (χ0n) is 9.68. The van der Waals surface area contributed by atoms with Crippen LogP contribution in [0.25, 0.3) is 11.5 Å². The number of hydrogen-bond acceptors (Lipinski definition) is 4. The maximum atomic E-state index is 5.82. The molecule has 2 heterocycles. The highest BCUT2D eigenvalue weighted by molar-refractivity contribution is 9.10. The zero-order valence-corrected chi connectivity index (χ0v) is 11.3. The van der Waals surface area contributed by atoms with Crippen molar-refractivity contribution in [2.24, 2.45) is 5.73 Å². The summed E-state index contributed by atoms with van der Waals surface area (Å²) in [6.07, 6.45) is 3.50. The van der Waals surface area contributed by atoms with E-state index in [1.165, 1.54) is 0 Å². The summed E-state index contributed by atoms with van der Waals surface area (Å²) < 4.78 is 0.935. The van der Waals surface area contributed by atoms with Crippen molar-refractivity contribution in [3.8, 4) is 11.5 Å². The van der Waals surface area contributed by atoms with E-state index in [-0.39, 0.29) is 6.04 Å². The Morgan fingerprint density at radius 1 is 1.24 bits per heavy atom. The van der Waals surface area contributed by atoms with Crippen LogP contribution < -0.4 is 5.73 Å². The molecule has 2 aromatic rings. The molecule has 2 aromatic heterocycles. The van der Waals surface area contributed by atoms with E-state index in [1.807, 2.05) is 26.0 Å². The molecule has 0 unspecified atom stereocenters. The highest BCUT2D eigenvalue weighted by Crippen LogP contribution is 2.18. The van der Waals surface area contributed by atoms with Crippen molar-refractivity contribution < 1.29 is 0 Å². The van der Waals surface area contributed by atoms with Gasteiger partial charge in [0.15, 0.2) is 5.82 Å². The fourth-order valence-corrected chi connectivity index (χ4v) is 1.79. The number of pyridine rings is 1. The lowest BCUT2D eigenvalue weighted by Crippen LogP contribution is -2.09. The van der Waals surface area contributed by atoms with Crippen LogP contribution in [0, 0.1) is 6.92 Å². The Morgan fingerprint density at radius 3 is 2.53 bits per heavy atom. The molecule has 17 heavy (non-hydrogen) atoms. The quantitative estimate of drug-likeness (QED) is 0.924. The van der Waals surface area contributed by atoms with Crippen LogP contribution in [0.4, 0.5) is 0 Å². The minimum atomic E-state index is -0.0538. The van der Waals surface area contributed by atoms with Crippen LogP contribution >= 0.6 is 15.9 Å². The lowest BCUT2D eigenvalue weighted by Gasteiger charge is -2.09. The summed E-state index contributed by atoms with van der Waals surface area (Å²) in [5.41, 5.74) is 8.44. The third kappa shape index (κ3) is 2.68. The largest absolute Gasteiger partial charge is 0.324 e. The number of aromatic nitrogens is 3. The van der Waals surface area contributed by atoms with Crippen molar-refractivity contribution in [3.05, 3.63) is 40.3 Å². The molecule has 0 aromatic carbocycles. The van der Waals surface area contributed by atoms with E-state index in [2.05, 4.69) is 30.9 Å². The van der Waals surface area contributed by atoms with Crippen molar-refractivity contribution in [1.29, 1.82) is 0 Å². The molecule has 0 aliphatic rings. The number of halogens is 1. The molecule has 2 N–H and O–H groups in total. The predicted octanol–water partition coefficient (Wildman–Crippen LogP) is 2.63. The fourth-order valence-electron chi connectivity index (χ4n) is 1.55. The third-order valence-corrected chi connectivity index (χ3v) is 2.93. The van der Waals surface area contributed by atoms with Gasteiger partial charge < -0.3 is 5.73 Å². The van der Waals surface area contributed by atoms with Gasteiger partial charge in [0, 0.05) is 34.2 Å². The van der Waals surface area contributed by atoms with E-state index in [4.69, 9.17) is 5.73 Å². The molecule has 88 valence electrons. The molecule has 0 fully saturated rings. The van der Waals surface area contributed by atoms with Gasteiger partial charge in [-0.1, -0.05) is 0 Å². The van der Waals surface area contributed by atoms with Gasteiger partial charge in [-0.3, -0.25) is 4.98 Å². The summed E-state index contributed by atoms with van der Waals surface area (Å²) in [6.45, 7) is 3.85. The summed E-state index contributed by atoms with van der Waals surface area (Å²) in [5, 5.41) is 0. The molecule has 0 amide bonds. The molecule has 0 spiro atoms. The van der Waals surface area contributed by atoms with E-state index in [1.54, 1.807) is 12.4 Å². The fraction of sp³-hybridized carbons (Fsp3) is 0.250. The highest BCUT2D eigenvalue weighted by Gasteiger charge is 2.09. The molecule has 1 atom stereocenters. The van der Waals surface area contributed by atoms with Crippen molar-refractivity contribution in [1.82, 2.24) is 15.0 Å². The Labute approximate surface area is 108 Å². The minimum absolute atomic E-state index is 0.0538. The van der Waals surface area contributed by atoms with Crippen LogP contribution in [0.15, 0.2) is 29.0 Å². The number of rotatable bonds is 2. The van der Waals surface area contributed by atoms with E-state index in [0.29, 0.717) is 5.82 Å². The number of nitrogens with zero attached hydrogens (tertiary/aromatic N) is 3. The van der Waals surface area contributed by atoms with Gasteiger partial charge in [-0.25, -0.2) is 9.97 Å². The topological polar surface area (TPSA) is 64.7 Å². The van der Waals surface area contributed by atoms with E-state index < -0.39 is 0 Å². The monoisotopic (exact) mass is 292 g/mol. The molecule has 0 bridgehead atoms. The van der Waals surface area contributed by atoms with Crippen LogP contribution in [0.2, 0.25) is 0 Å². The van der Waals surface area contributed by atoms with Crippen LogP contribution in [-0.2, 0) is 0 Å². The first-order valence-electron chi connectivity index (χ1n) is 5.29. The second-order valence-corrected chi connectivity index (χ2v) is 4.80. The summed E-state index contributed by atoms with van der Waals surface area (Å²) >= 11 is 3.34. The summed E-state index contributed by atoms with van der Waals surface area (Å²) in [6, 6.07) is 3.74. The molecule has 0 radical (unpaired) electrons. The van der Waals surface area contributed by atoms with Gasteiger partial charge in [-0.15, -0.1) is 0 Å². The van der Waals surface area contributed by atoms with Crippen molar-refractivity contribution in [3.63, 3.8) is 0 Å². The molecule has 0 saturated heterocycles. The molecular weight excluding hydrogens is 280 g/mol. The minimum Gasteiger partial charge on any atom is -0.324 e. The van der Waals surface area contributed by atoms with Gasteiger partial charge >= 0.3 is 0 Å². The number of aryl methyl sites for hydroxylation is 1. The van der Waals surface area contributed by atoms with E-state index in [9.17, 15) is 0 Å². The normalized spacial score (nSPS) is 12.5. The standard InChI is InChI=1S/C12H13BrN4/c1-7(14)10-6-16-12(17-8(10)2)11-4-3-9(13)5-15-11/h3-7H,14H2,1-2H3/t7-/m1/s1. The Kier molecular flexibility index (Phi) is 3.49. The number of hydrogen-bond donors (Lipinski definition) is 1. The smallest absolute Gasteiger partial charge is 0.178 e. The second-order valence-electron chi connectivity index (χ2n) is 3.88. The molecular formula is C12H13BrN4. The second kappa shape index (κ2) is 4.89. The molecule has 4 nitrogen and oxygen atoms in total. The highest BCUT2D eigenvalue weighted by atomic mass is 79.9. The van der Waals surface area contributed by atoms with Crippen LogP contribution in [-0.4, -0.2) is 15.0 Å². The first kappa shape index (κ1) is 12.1. The van der Waals surface area contributed by atoms with Gasteiger partial charge in [-0.2, -0.15) is 0 Å². The Morgan fingerprint density at radius 2 is 2.00 bits per heavy atom. The van der Waals surface area contributed by atoms with Crippen molar-refractivity contribution in [2.75, 3.05) is 0 Å². The van der Waals surface area contributed by atoms with Gasteiger partial charge in [0.2, 0.25) is 0 Å². The van der Waals surface area contributed by atoms with Gasteiger partial charge in [0.25, 0.3) is 0 Å². The van der Waals surface area contributed by atoms with E-state index in [0.717, 1.165) is 21.4 Å². The molecule has 5 heteroatoms. The van der Waals surface area contributed by atoms with Crippen molar-refractivity contribution in [2.45, 2.75) is 19.9 Å². The average molecular weight is 293 g/mol. The SMILES string of the molecule is Cc1nc(-c2ccc(Br)cn2)ncc1[C@@H](C)N. The van der Waals surface area contributed by atoms with Crippen molar-refractivity contribution >= 4 is 15.9 Å². The number of nitrogens with two attached hydrogens (primary N) is 1. The van der Waals surface area contributed by atoms with Gasteiger partial charge in [0.05, 0.1) is 0 Å². The molecule has 2 rings (SSSR count). The summed E-state index contributed by atoms with van der Waals surface area (Å²) in [5.74, 6) is 0.624. The Bertz CT molecular complexity index is 523. The lowest BCUT2D eigenvalue weighted by atomic mass is 10.1. The van der Waals surface area contributed by atoms with Gasteiger partial charge in [0.1, 0.15) is 5.69 Å². The molecule has 0 aliphatic heterocycles. The Balaban J connectivity index is 2.41. The first-order chi connectivity index (χ1) is 8.08. The average Bonchev–Trinajstić information content (AvgIpc) is 2.29. The Hall–Kier alpha value is -1.33. The zero-order chi connectivity index (χ0) is 12.4. The van der Waals surface area contributed by atoms with Crippen LogP contribution in [0.5, 0.6) is 0 Å². The maximum Gasteiger partial charge on any atom is 0.178 e. The van der Waals surface area contributed by atoms with Gasteiger partial charge in [-0.05, 0) is 41.9 Å². The van der Waals surface area contributed by atoms with Crippen LogP contribution in [0.3, 0.4) is 0 Å². The lowest BCUT2D eigenvalue weighted by molar-refractivity contribution is 0.790. The first-order valence-corrected chi connectivity index (χ1v) is 6.08. The maximum absolute atomic E-state index is 5.82. The molecule has 0 aliphatic carbocycles. The van der Waals surface area contributed by atoms with E-state index >= 15 is 0 Å². The van der Waals surface area contributed by atoms with Crippen LogP contribution in [0.1, 0.15) is 24.2 Å².